The highest BCUT2D eigenvalue weighted by molar-refractivity contribution is 5.98. The molecule has 1 rings (SSSR count). The van der Waals surface area contributed by atoms with Crippen molar-refractivity contribution in [3.8, 4) is 5.75 Å². The Balaban J connectivity index is 2.87. The second kappa shape index (κ2) is 6.74. The molecule has 0 saturated heterocycles. The van der Waals surface area contributed by atoms with Crippen molar-refractivity contribution >= 4 is 17.4 Å². The second-order valence-electron chi connectivity index (χ2n) is 3.65. The molecule has 18 heavy (non-hydrogen) atoms. The normalized spacial score (nSPS) is 11.2. The predicted octanol–water partition coefficient (Wildman–Crippen LogP) is 2.88. The summed E-state index contributed by atoms with van der Waals surface area (Å²) in [6.07, 6.45) is 0.0769. The number of methoxy groups -OCH3 is 1. The average Bonchev–Trinajstić information content (AvgIpc) is 2.29. The summed E-state index contributed by atoms with van der Waals surface area (Å²) >= 11 is 0. The molecule has 0 amide bonds. The van der Waals surface area contributed by atoms with Gasteiger partial charge in [0, 0.05) is 11.8 Å². The van der Waals surface area contributed by atoms with E-state index < -0.39 is 5.82 Å². The zero-order valence-corrected chi connectivity index (χ0v) is 10.7. The first kappa shape index (κ1) is 14.2. The number of rotatable bonds is 5. The number of hydrogen-bond donors (Lipinski definition) is 0. The molecule has 5 heteroatoms. The number of hydrogen-bond acceptors (Lipinski definition) is 4. The zero-order valence-electron chi connectivity index (χ0n) is 10.7. The maximum atomic E-state index is 13.1. The van der Waals surface area contributed by atoms with Crippen LogP contribution in [0.3, 0.4) is 0 Å². The Morgan fingerprint density at radius 1 is 1.44 bits per heavy atom. The third-order valence-corrected chi connectivity index (χ3v) is 2.16. The standard InChI is InChI=1S/C13H16FNO3/c1-4-18-13(16)7-9(2)15-11-8-10(14)5-6-12(11)17-3/h5-6,8H,4,7H2,1-3H3. The first-order chi connectivity index (χ1) is 8.56. The molecule has 0 N–H and O–H groups in total. The SMILES string of the molecule is CCOC(=O)CC(C)=Nc1cc(F)ccc1OC. The van der Waals surface area contributed by atoms with Gasteiger partial charge in [-0.25, -0.2) is 4.39 Å². The molecule has 0 radical (unpaired) electrons. The molecule has 0 bridgehead atoms. The van der Waals surface area contributed by atoms with E-state index in [2.05, 4.69) is 4.99 Å². The van der Waals surface area contributed by atoms with Crippen LogP contribution in [0.4, 0.5) is 10.1 Å². The van der Waals surface area contributed by atoms with Gasteiger partial charge in [-0.15, -0.1) is 0 Å². The molecule has 0 aromatic heterocycles. The van der Waals surface area contributed by atoms with Gasteiger partial charge >= 0.3 is 5.97 Å². The lowest BCUT2D eigenvalue weighted by Crippen LogP contribution is -2.08. The van der Waals surface area contributed by atoms with E-state index in [-0.39, 0.29) is 12.4 Å². The number of esters is 1. The van der Waals surface area contributed by atoms with E-state index in [1.54, 1.807) is 13.8 Å². The molecule has 0 aliphatic heterocycles. The molecule has 0 atom stereocenters. The second-order valence-corrected chi connectivity index (χ2v) is 3.65. The summed E-state index contributed by atoms with van der Waals surface area (Å²) in [4.78, 5) is 15.4. The Morgan fingerprint density at radius 3 is 2.78 bits per heavy atom. The van der Waals surface area contributed by atoms with Gasteiger partial charge in [0.1, 0.15) is 17.3 Å². The van der Waals surface area contributed by atoms with Gasteiger partial charge in [-0.1, -0.05) is 0 Å². The number of halogens is 1. The maximum absolute atomic E-state index is 13.1. The van der Waals surface area contributed by atoms with E-state index in [1.165, 1.54) is 25.3 Å². The number of aliphatic imine (C=N–C) groups is 1. The molecular weight excluding hydrogens is 237 g/mol. The Bertz CT molecular complexity index is 458. The van der Waals surface area contributed by atoms with Crippen LogP contribution < -0.4 is 4.74 Å². The van der Waals surface area contributed by atoms with Crippen LogP contribution in [0.2, 0.25) is 0 Å². The minimum atomic E-state index is -0.404. The van der Waals surface area contributed by atoms with Crippen LogP contribution in [-0.4, -0.2) is 25.4 Å². The van der Waals surface area contributed by atoms with Crippen molar-refractivity contribution < 1.29 is 18.7 Å². The number of ether oxygens (including phenoxy) is 2. The highest BCUT2D eigenvalue weighted by Crippen LogP contribution is 2.28. The lowest BCUT2D eigenvalue weighted by molar-refractivity contribution is -0.141. The Morgan fingerprint density at radius 2 is 2.17 bits per heavy atom. The molecular formula is C13H16FNO3. The quantitative estimate of drug-likeness (QED) is 0.598. The molecule has 0 unspecified atom stereocenters. The summed E-state index contributed by atoms with van der Waals surface area (Å²) in [5.74, 6) is -0.299. The minimum Gasteiger partial charge on any atom is -0.494 e. The number of carbonyl (C=O) groups is 1. The Hall–Kier alpha value is -1.91. The predicted molar refractivity (Wildman–Crippen MR) is 67.0 cm³/mol. The van der Waals surface area contributed by atoms with Crippen molar-refractivity contribution in [3.05, 3.63) is 24.0 Å². The molecule has 0 spiro atoms. The Labute approximate surface area is 105 Å². The highest BCUT2D eigenvalue weighted by atomic mass is 19.1. The first-order valence-corrected chi connectivity index (χ1v) is 5.60. The monoisotopic (exact) mass is 253 g/mol. The fourth-order valence-electron chi connectivity index (χ4n) is 1.42. The summed E-state index contributed by atoms with van der Waals surface area (Å²) in [6, 6.07) is 4.04. The van der Waals surface area contributed by atoms with Crippen LogP contribution in [0.15, 0.2) is 23.2 Å². The van der Waals surface area contributed by atoms with Gasteiger partial charge in [0.2, 0.25) is 0 Å². The van der Waals surface area contributed by atoms with E-state index in [9.17, 15) is 9.18 Å². The smallest absolute Gasteiger partial charge is 0.311 e. The van der Waals surface area contributed by atoms with Gasteiger partial charge in [-0.2, -0.15) is 0 Å². The van der Waals surface area contributed by atoms with Crippen molar-refractivity contribution in [2.45, 2.75) is 20.3 Å². The van der Waals surface area contributed by atoms with Crippen LogP contribution in [0.1, 0.15) is 20.3 Å². The fourth-order valence-corrected chi connectivity index (χ4v) is 1.42. The summed E-state index contributed by atoms with van der Waals surface area (Å²) in [7, 11) is 1.48. The van der Waals surface area contributed by atoms with E-state index in [4.69, 9.17) is 9.47 Å². The molecule has 0 fully saturated rings. The van der Waals surface area contributed by atoms with Crippen LogP contribution in [0.25, 0.3) is 0 Å². The van der Waals surface area contributed by atoms with Crippen molar-refractivity contribution in [1.82, 2.24) is 0 Å². The van der Waals surface area contributed by atoms with Gasteiger partial charge in [0.25, 0.3) is 0 Å². The zero-order chi connectivity index (χ0) is 13.5. The van der Waals surface area contributed by atoms with Gasteiger partial charge in [-0.05, 0) is 26.0 Å². The third kappa shape index (κ3) is 4.16. The number of nitrogens with zero attached hydrogens (tertiary/aromatic N) is 1. The molecule has 0 aliphatic carbocycles. The Kier molecular flexibility index (Phi) is 5.30. The van der Waals surface area contributed by atoms with Crippen LogP contribution >= 0.6 is 0 Å². The van der Waals surface area contributed by atoms with Gasteiger partial charge < -0.3 is 9.47 Å². The van der Waals surface area contributed by atoms with Crippen LogP contribution in [0, 0.1) is 5.82 Å². The van der Waals surface area contributed by atoms with Crippen molar-refractivity contribution in [1.29, 1.82) is 0 Å². The summed E-state index contributed by atoms with van der Waals surface area (Å²) in [6.45, 7) is 3.75. The number of carbonyl (C=O) groups excluding carboxylic acids is 1. The minimum absolute atomic E-state index is 0.0769. The average molecular weight is 253 g/mol. The highest BCUT2D eigenvalue weighted by Gasteiger charge is 2.07. The first-order valence-electron chi connectivity index (χ1n) is 5.60. The maximum Gasteiger partial charge on any atom is 0.311 e. The van der Waals surface area contributed by atoms with E-state index in [0.29, 0.717) is 23.8 Å². The molecule has 98 valence electrons. The summed E-state index contributed by atoms with van der Waals surface area (Å²) in [5.41, 5.74) is 0.900. The van der Waals surface area contributed by atoms with E-state index >= 15 is 0 Å². The van der Waals surface area contributed by atoms with Gasteiger partial charge in [0.15, 0.2) is 0 Å². The topological polar surface area (TPSA) is 47.9 Å². The molecule has 0 saturated carbocycles. The third-order valence-electron chi connectivity index (χ3n) is 2.16. The van der Waals surface area contributed by atoms with Crippen molar-refractivity contribution in [2.24, 2.45) is 4.99 Å². The number of benzene rings is 1. The van der Waals surface area contributed by atoms with Gasteiger partial charge in [0.05, 0.1) is 20.1 Å². The van der Waals surface area contributed by atoms with Crippen molar-refractivity contribution in [2.75, 3.05) is 13.7 Å². The summed E-state index contributed by atoms with van der Waals surface area (Å²) < 4.78 is 23.0. The van der Waals surface area contributed by atoms with Crippen LogP contribution in [-0.2, 0) is 9.53 Å². The summed E-state index contributed by atoms with van der Waals surface area (Å²) in [5, 5.41) is 0. The lowest BCUT2D eigenvalue weighted by atomic mass is 10.2. The fraction of sp³-hybridized carbons (Fsp3) is 0.385. The van der Waals surface area contributed by atoms with Crippen LogP contribution in [0.5, 0.6) is 5.75 Å². The molecule has 4 nitrogen and oxygen atoms in total. The van der Waals surface area contributed by atoms with E-state index in [0.717, 1.165) is 0 Å². The molecule has 1 aromatic carbocycles. The molecule has 1 aromatic rings. The van der Waals surface area contributed by atoms with Crippen molar-refractivity contribution in [3.63, 3.8) is 0 Å². The van der Waals surface area contributed by atoms with Gasteiger partial charge in [-0.3, -0.25) is 9.79 Å². The van der Waals surface area contributed by atoms with E-state index in [1.807, 2.05) is 0 Å². The molecule has 0 heterocycles. The lowest BCUT2D eigenvalue weighted by Gasteiger charge is -2.06. The molecule has 0 aliphatic rings. The largest absolute Gasteiger partial charge is 0.494 e.